The third-order valence-electron chi connectivity index (χ3n) is 2.96. The molecule has 2 heterocycles. The molecule has 1 nitrogen and oxygen atoms in total. The Labute approximate surface area is 124 Å². The number of carbonyl (C=O) groups is 1. The topological polar surface area (TPSA) is 17.1 Å². The molecule has 2 aromatic heterocycles. The Balaban J connectivity index is 1.97. The van der Waals surface area contributed by atoms with Gasteiger partial charge < -0.3 is 0 Å². The molecular weight excluding hydrogens is 291 g/mol. The molecule has 3 rings (SSSR count). The van der Waals surface area contributed by atoms with E-state index in [0.717, 1.165) is 15.3 Å². The van der Waals surface area contributed by atoms with E-state index in [4.69, 9.17) is 0 Å². The van der Waals surface area contributed by atoms with Crippen LogP contribution in [-0.2, 0) is 0 Å². The van der Waals surface area contributed by atoms with Crippen LogP contribution in [0.15, 0.2) is 47.8 Å². The van der Waals surface area contributed by atoms with Gasteiger partial charge in [-0.25, -0.2) is 4.39 Å². The average molecular weight is 302 g/mol. The SMILES string of the molecule is Cc1ccc(F)c(C(=O)c2ccc(-c3cccs3)s2)c1. The van der Waals surface area contributed by atoms with E-state index in [0.29, 0.717) is 4.88 Å². The molecule has 100 valence electrons. The first kappa shape index (κ1) is 13.2. The molecule has 0 aliphatic carbocycles. The van der Waals surface area contributed by atoms with Crippen molar-refractivity contribution in [3.8, 4) is 9.75 Å². The molecule has 0 N–H and O–H groups in total. The van der Waals surface area contributed by atoms with E-state index in [1.165, 1.54) is 17.4 Å². The maximum atomic E-state index is 13.8. The first-order valence-electron chi connectivity index (χ1n) is 6.10. The van der Waals surface area contributed by atoms with Gasteiger partial charge >= 0.3 is 0 Å². The number of rotatable bonds is 3. The van der Waals surface area contributed by atoms with Crippen LogP contribution in [0.2, 0.25) is 0 Å². The van der Waals surface area contributed by atoms with Gasteiger partial charge in [-0.1, -0.05) is 17.7 Å². The largest absolute Gasteiger partial charge is 0.288 e. The highest BCUT2D eigenvalue weighted by atomic mass is 32.1. The van der Waals surface area contributed by atoms with Gasteiger partial charge in [-0.05, 0) is 42.6 Å². The Morgan fingerprint density at radius 3 is 2.70 bits per heavy atom. The van der Waals surface area contributed by atoms with E-state index in [1.807, 2.05) is 30.5 Å². The van der Waals surface area contributed by atoms with Gasteiger partial charge in [0.05, 0.1) is 10.4 Å². The maximum absolute atomic E-state index is 13.8. The summed E-state index contributed by atoms with van der Waals surface area (Å²) in [7, 11) is 0. The molecule has 0 radical (unpaired) electrons. The Bertz CT molecular complexity index is 757. The van der Waals surface area contributed by atoms with Crippen molar-refractivity contribution in [3.05, 3.63) is 69.7 Å². The quantitative estimate of drug-likeness (QED) is 0.611. The summed E-state index contributed by atoms with van der Waals surface area (Å²) < 4.78 is 13.8. The summed E-state index contributed by atoms with van der Waals surface area (Å²) in [6.45, 7) is 1.85. The second-order valence-electron chi connectivity index (χ2n) is 4.45. The van der Waals surface area contributed by atoms with Crippen molar-refractivity contribution in [3.63, 3.8) is 0 Å². The highest BCUT2D eigenvalue weighted by Gasteiger charge is 2.16. The van der Waals surface area contributed by atoms with E-state index >= 15 is 0 Å². The summed E-state index contributed by atoms with van der Waals surface area (Å²) in [4.78, 5) is 15.1. The molecule has 0 aliphatic heterocycles. The number of ketones is 1. The van der Waals surface area contributed by atoms with Crippen LogP contribution < -0.4 is 0 Å². The van der Waals surface area contributed by atoms with E-state index in [1.54, 1.807) is 29.5 Å². The van der Waals surface area contributed by atoms with Crippen LogP contribution in [0.5, 0.6) is 0 Å². The minimum atomic E-state index is -0.466. The Morgan fingerprint density at radius 1 is 1.10 bits per heavy atom. The lowest BCUT2D eigenvalue weighted by atomic mass is 10.1. The number of aryl methyl sites for hydroxylation is 1. The minimum Gasteiger partial charge on any atom is -0.288 e. The first-order valence-corrected chi connectivity index (χ1v) is 7.79. The van der Waals surface area contributed by atoms with Crippen LogP contribution in [0.4, 0.5) is 4.39 Å². The van der Waals surface area contributed by atoms with E-state index < -0.39 is 5.82 Å². The number of halogens is 1. The molecule has 4 heteroatoms. The lowest BCUT2D eigenvalue weighted by Crippen LogP contribution is -2.02. The molecule has 0 saturated heterocycles. The summed E-state index contributed by atoms with van der Waals surface area (Å²) in [5.74, 6) is -0.717. The smallest absolute Gasteiger partial charge is 0.205 e. The number of carbonyl (C=O) groups excluding carboxylic acids is 1. The van der Waals surface area contributed by atoms with Gasteiger partial charge in [-0.15, -0.1) is 22.7 Å². The van der Waals surface area contributed by atoms with Crippen molar-refractivity contribution in [1.82, 2.24) is 0 Å². The summed E-state index contributed by atoms with van der Waals surface area (Å²) >= 11 is 3.03. The third-order valence-corrected chi connectivity index (χ3v) is 5.11. The van der Waals surface area contributed by atoms with Gasteiger partial charge in [0, 0.05) is 9.75 Å². The standard InChI is InChI=1S/C16H11FOS2/c1-10-4-5-12(17)11(9-10)16(18)15-7-6-14(20-15)13-3-2-8-19-13/h2-9H,1H3. The molecule has 0 aliphatic rings. The normalized spacial score (nSPS) is 10.7. The zero-order valence-corrected chi connectivity index (χ0v) is 12.4. The highest BCUT2D eigenvalue weighted by molar-refractivity contribution is 7.22. The summed E-state index contributed by atoms with van der Waals surface area (Å²) in [5, 5.41) is 2.00. The second kappa shape index (κ2) is 5.31. The van der Waals surface area contributed by atoms with Crippen LogP contribution in [-0.4, -0.2) is 5.78 Å². The molecule has 0 spiro atoms. The lowest BCUT2D eigenvalue weighted by molar-refractivity contribution is 0.103. The molecule has 0 bridgehead atoms. The van der Waals surface area contributed by atoms with Gasteiger partial charge in [0.15, 0.2) is 0 Å². The molecular formula is C16H11FOS2. The molecule has 0 atom stereocenters. The predicted molar refractivity (Wildman–Crippen MR) is 82.2 cm³/mol. The minimum absolute atomic E-state index is 0.143. The van der Waals surface area contributed by atoms with E-state index in [2.05, 4.69) is 0 Å². The maximum Gasteiger partial charge on any atom is 0.205 e. The third kappa shape index (κ3) is 2.44. The van der Waals surface area contributed by atoms with Crippen LogP contribution >= 0.6 is 22.7 Å². The monoisotopic (exact) mass is 302 g/mol. The molecule has 0 unspecified atom stereocenters. The molecule has 0 saturated carbocycles. The lowest BCUT2D eigenvalue weighted by Gasteiger charge is -2.01. The summed E-state index contributed by atoms with van der Waals surface area (Å²) in [5.41, 5.74) is 1.02. The molecule has 20 heavy (non-hydrogen) atoms. The van der Waals surface area contributed by atoms with Crippen LogP contribution in [0.25, 0.3) is 9.75 Å². The fraction of sp³-hybridized carbons (Fsp3) is 0.0625. The molecule has 0 amide bonds. The Kier molecular flexibility index (Phi) is 3.51. The van der Waals surface area contributed by atoms with Crippen molar-refractivity contribution in [2.45, 2.75) is 6.92 Å². The van der Waals surface area contributed by atoms with Gasteiger partial charge in [0.25, 0.3) is 0 Å². The molecule has 1 aromatic carbocycles. The summed E-state index contributed by atoms with van der Waals surface area (Å²) in [6.07, 6.45) is 0. The summed E-state index contributed by atoms with van der Waals surface area (Å²) in [6, 6.07) is 12.3. The first-order chi connectivity index (χ1) is 9.65. The van der Waals surface area contributed by atoms with E-state index in [9.17, 15) is 9.18 Å². The second-order valence-corrected chi connectivity index (χ2v) is 6.49. The van der Waals surface area contributed by atoms with Crippen molar-refractivity contribution >= 4 is 28.5 Å². The number of hydrogen-bond donors (Lipinski definition) is 0. The zero-order chi connectivity index (χ0) is 14.1. The fourth-order valence-corrected chi connectivity index (χ4v) is 3.75. The fourth-order valence-electron chi connectivity index (χ4n) is 1.96. The van der Waals surface area contributed by atoms with Gasteiger partial charge in [0.2, 0.25) is 5.78 Å². The van der Waals surface area contributed by atoms with Crippen LogP contribution in [0.1, 0.15) is 20.8 Å². The van der Waals surface area contributed by atoms with Crippen LogP contribution in [0, 0.1) is 12.7 Å². The van der Waals surface area contributed by atoms with E-state index in [-0.39, 0.29) is 11.3 Å². The number of thiophene rings is 2. The molecule has 3 aromatic rings. The van der Waals surface area contributed by atoms with Crippen molar-refractivity contribution in [2.75, 3.05) is 0 Å². The zero-order valence-electron chi connectivity index (χ0n) is 10.7. The Hall–Kier alpha value is -1.78. The van der Waals surface area contributed by atoms with Crippen molar-refractivity contribution < 1.29 is 9.18 Å². The van der Waals surface area contributed by atoms with Crippen molar-refractivity contribution in [1.29, 1.82) is 0 Å². The predicted octanol–water partition coefficient (Wildman–Crippen LogP) is 5.16. The van der Waals surface area contributed by atoms with Crippen molar-refractivity contribution in [2.24, 2.45) is 0 Å². The van der Waals surface area contributed by atoms with Gasteiger partial charge in [0.1, 0.15) is 5.82 Å². The van der Waals surface area contributed by atoms with Crippen LogP contribution in [0.3, 0.4) is 0 Å². The average Bonchev–Trinajstić information content (AvgIpc) is 3.10. The Morgan fingerprint density at radius 2 is 1.95 bits per heavy atom. The highest BCUT2D eigenvalue weighted by Crippen LogP contribution is 2.32. The van der Waals surface area contributed by atoms with Gasteiger partial charge in [-0.2, -0.15) is 0 Å². The number of benzene rings is 1. The number of hydrogen-bond acceptors (Lipinski definition) is 3. The molecule has 0 fully saturated rings. The van der Waals surface area contributed by atoms with Gasteiger partial charge in [-0.3, -0.25) is 4.79 Å².